The van der Waals surface area contributed by atoms with Gasteiger partial charge in [0.05, 0.1) is 5.41 Å². The molecule has 92 valence electrons. The maximum Gasteiger partial charge on any atom is 0.230 e. The smallest absolute Gasteiger partial charge is 0.230 e. The molecule has 1 aromatic carbocycles. The molecule has 1 fully saturated rings. The highest BCUT2D eigenvalue weighted by atomic mass is 16.2. The van der Waals surface area contributed by atoms with Crippen molar-refractivity contribution in [2.75, 3.05) is 0 Å². The molecule has 1 saturated carbocycles. The second-order valence-corrected chi connectivity index (χ2v) is 5.43. The SMILES string of the molecule is Cc1cccc(C2(C(=O)NC(C)C)CCC2)c1. The van der Waals surface area contributed by atoms with Gasteiger partial charge in [0, 0.05) is 6.04 Å². The van der Waals surface area contributed by atoms with E-state index in [4.69, 9.17) is 0 Å². The largest absolute Gasteiger partial charge is 0.353 e. The van der Waals surface area contributed by atoms with E-state index in [1.54, 1.807) is 0 Å². The van der Waals surface area contributed by atoms with E-state index in [2.05, 4.69) is 30.4 Å². The minimum absolute atomic E-state index is 0.198. The van der Waals surface area contributed by atoms with Gasteiger partial charge in [-0.15, -0.1) is 0 Å². The Balaban J connectivity index is 2.28. The highest BCUT2D eigenvalue weighted by Crippen LogP contribution is 2.44. The summed E-state index contributed by atoms with van der Waals surface area (Å²) in [6.07, 6.45) is 3.11. The van der Waals surface area contributed by atoms with Crippen LogP contribution in [0.4, 0.5) is 0 Å². The highest BCUT2D eigenvalue weighted by Gasteiger charge is 2.45. The molecule has 2 nitrogen and oxygen atoms in total. The fraction of sp³-hybridized carbons (Fsp3) is 0.533. The van der Waals surface area contributed by atoms with Crippen LogP contribution in [0.25, 0.3) is 0 Å². The molecule has 0 spiro atoms. The topological polar surface area (TPSA) is 29.1 Å². The van der Waals surface area contributed by atoms with Crippen LogP contribution in [0.2, 0.25) is 0 Å². The summed E-state index contributed by atoms with van der Waals surface area (Å²) in [5.41, 5.74) is 2.16. The molecular weight excluding hydrogens is 210 g/mol. The predicted molar refractivity (Wildman–Crippen MR) is 70.0 cm³/mol. The van der Waals surface area contributed by atoms with Gasteiger partial charge in [-0.25, -0.2) is 0 Å². The van der Waals surface area contributed by atoms with Crippen LogP contribution in [0.15, 0.2) is 24.3 Å². The van der Waals surface area contributed by atoms with Crippen LogP contribution in [0.1, 0.15) is 44.2 Å². The van der Waals surface area contributed by atoms with Crippen molar-refractivity contribution in [3.63, 3.8) is 0 Å². The van der Waals surface area contributed by atoms with Gasteiger partial charge in [-0.1, -0.05) is 36.2 Å². The molecule has 0 aliphatic heterocycles. The molecule has 0 heterocycles. The van der Waals surface area contributed by atoms with Crippen molar-refractivity contribution >= 4 is 5.91 Å². The summed E-state index contributed by atoms with van der Waals surface area (Å²) < 4.78 is 0. The molecular formula is C15H21NO. The lowest BCUT2D eigenvalue weighted by Gasteiger charge is -2.41. The van der Waals surface area contributed by atoms with Gasteiger partial charge in [0.2, 0.25) is 5.91 Å². The first-order valence-corrected chi connectivity index (χ1v) is 6.43. The normalized spacial score (nSPS) is 17.6. The minimum Gasteiger partial charge on any atom is -0.353 e. The van der Waals surface area contributed by atoms with Gasteiger partial charge in [-0.3, -0.25) is 4.79 Å². The van der Waals surface area contributed by atoms with E-state index in [1.165, 1.54) is 11.1 Å². The molecule has 0 aromatic heterocycles. The number of benzene rings is 1. The summed E-state index contributed by atoms with van der Waals surface area (Å²) in [5.74, 6) is 0.198. The van der Waals surface area contributed by atoms with Crippen molar-refractivity contribution in [3.05, 3.63) is 35.4 Å². The Bertz CT molecular complexity index is 419. The molecule has 0 bridgehead atoms. The standard InChI is InChI=1S/C15H21NO/c1-11(2)16-14(17)15(8-5-9-15)13-7-4-6-12(3)10-13/h4,6-7,10-11H,5,8-9H2,1-3H3,(H,16,17). The van der Waals surface area contributed by atoms with E-state index in [0.29, 0.717) is 0 Å². The number of nitrogens with one attached hydrogen (secondary N) is 1. The summed E-state index contributed by atoms with van der Waals surface area (Å²) in [6.45, 7) is 6.11. The molecule has 2 heteroatoms. The number of hydrogen-bond acceptors (Lipinski definition) is 1. The summed E-state index contributed by atoms with van der Waals surface area (Å²) >= 11 is 0. The van der Waals surface area contributed by atoms with Crippen molar-refractivity contribution < 1.29 is 4.79 Å². The molecule has 0 saturated heterocycles. The first-order chi connectivity index (χ1) is 8.04. The second kappa shape index (κ2) is 4.52. The van der Waals surface area contributed by atoms with Crippen LogP contribution in [0.3, 0.4) is 0 Å². The Kier molecular flexibility index (Phi) is 3.23. The lowest BCUT2D eigenvalue weighted by molar-refractivity contribution is -0.130. The Morgan fingerprint density at radius 2 is 2.06 bits per heavy atom. The van der Waals surface area contributed by atoms with Crippen LogP contribution in [0.5, 0.6) is 0 Å². The van der Waals surface area contributed by atoms with Gasteiger partial charge in [0.15, 0.2) is 0 Å². The molecule has 2 rings (SSSR count). The third-order valence-corrected chi connectivity index (χ3v) is 3.63. The Hall–Kier alpha value is -1.31. The average Bonchev–Trinajstić information content (AvgIpc) is 2.14. The summed E-state index contributed by atoms with van der Waals surface area (Å²) in [5, 5.41) is 3.06. The number of rotatable bonds is 3. The van der Waals surface area contributed by atoms with Crippen LogP contribution in [-0.4, -0.2) is 11.9 Å². The minimum atomic E-state index is -0.254. The molecule has 0 atom stereocenters. The fourth-order valence-corrected chi connectivity index (χ4v) is 2.52. The van der Waals surface area contributed by atoms with Gasteiger partial charge in [-0.05, 0) is 39.2 Å². The summed E-state index contributed by atoms with van der Waals surface area (Å²) in [4.78, 5) is 12.4. The lowest BCUT2D eigenvalue weighted by Crippen LogP contribution is -2.51. The monoisotopic (exact) mass is 231 g/mol. The van der Waals surface area contributed by atoms with Crippen molar-refractivity contribution in [2.24, 2.45) is 0 Å². The maximum atomic E-state index is 12.4. The number of amides is 1. The third kappa shape index (κ3) is 2.21. The first-order valence-electron chi connectivity index (χ1n) is 6.43. The molecule has 1 N–H and O–H groups in total. The van der Waals surface area contributed by atoms with Crippen LogP contribution in [-0.2, 0) is 10.2 Å². The fourth-order valence-electron chi connectivity index (χ4n) is 2.52. The number of carbonyl (C=O) groups excluding carboxylic acids is 1. The third-order valence-electron chi connectivity index (χ3n) is 3.63. The van der Waals surface area contributed by atoms with Crippen LogP contribution < -0.4 is 5.32 Å². The van der Waals surface area contributed by atoms with E-state index in [-0.39, 0.29) is 17.4 Å². The van der Waals surface area contributed by atoms with E-state index in [9.17, 15) is 4.79 Å². The number of aryl methyl sites for hydroxylation is 1. The van der Waals surface area contributed by atoms with Gasteiger partial charge in [-0.2, -0.15) is 0 Å². The quantitative estimate of drug-likeness (QED) is 0.851. The Morgan fingerprint density at radius 3 is 2.53 bits per heavy atom. The van der Waals surface area contributed by atoms with Crippen molar-refractivity contribution in [2.45, 2.75) is 51.5 Å². The molecule has 1 aromatic rings. The van der Waals surface area contributed by atoms with E-state index in [0.717, 1.165) is 19.3 Å². The first kappa shape index (κ1) is 12.2. The molecule has 1 aliphatic carbocycles. The van der Waals surface area contributed by atoms with E-state index >= 15 is 0 Å². The highest BCUT2D eigenvalue weighted by molar-refractivity contribution is 5.89. The van der Waals surface area contributed by atoms with Crippen LogP contribution in [0, 0.1) is 6.92 Å². The molecule has 1 aliphatic rings. The van der Waals surface area contributed by atoms with Gasteiger partial charge < -0.3 is 5.32 Å². The maximum absolute atomic E-state index is 12.4. The number of carbonyl (C=O) groups is 1. The van der Waals surface area contributed by atoms with Crippen molar-refractivity contribution in [1.29, 1.82) is 0 Å². The lowest BCUT2D eigenvalue weighted by atomic mass is 9.63. The van der Waals surface area contributed by atoms with E-state index < -0.39 is 0 Å². The Labute approximate surface area is 103 Å². The Morgan fingerprint density at radius 1 is 1.35 bits per heavy atom. The second-order valence-electron chi connectivity index (χ2n) is 5.43. The summed E-state index contributed by atoms with van der Waals surface area (Å²) in [7, 11) is 0. The number of hydrogen-bond donors (Lipinski definition) is 1. The molecule has 17 heavy (non-hydrogen) atoms. The molecule has 0 unspecified atom stereocenters. The van der Waals surface area contributed by atoms with Gasteiger partial charge >= 0.3 is 0 Å². The zero-order valence-corrected chi connectivity index (χ0v) is 10.9. The predicted octanol–water partition coefficient (Wildman–Crippen LogP) is 2.94. The average molecular weight is 231 g/mol. The van der Waals surface area contributed by atoms with Crippen molar-refractivity contribution in [1.82, 2.24) is 5.32 Å². The zero-order chi connectivity index (χ0) is 12.5. The molecule has 0 radical (unpaired) electrons. The van der Waals surface area contributed by atoms with Crippen molar-refractivity contribution in [3.8, 4) is 0 Å². The molecule has 1 amide bonds. The van der Waals surface area contributed by atoms with Crippen LogP contribution >= 0.6 is 0 Å². The van der Waals surface area contributed by atoms with Gasteiger partial charge in [0.1, 0.15) is 0 Å². The summed E-state index contributed by atoms with van der Waals surface area (Å²) in [6, 6.07) is 8.58. The van der Waals surface area contributed by atoms with Gasteiger partial charge in [0.25, 0.3) is 0 Å². The van der Waals surface area contributed by atoms with E-state index in [1.807, 2.05) is 19.9 Å². The zero-order valence-electron chi connectivity index (χ0n) is 10.9.